The lowest BCUT2D eigenvalue weighted by Gasteiger charge is -2.21. The van der Waals surface area contributed by atoms with Gasteiger partial charge in [-0.15, -0.1) is 5.10 Å². The molecule has 2 atom stereocenters. The fourth-order valence-electron chi connectivity index (χ4n) is 2.88. The van der Waals surface area contributed by atoms with Gasteiger partial charge in [0.15, 0.2) is 0 Å². The van der Waals surface area contributed by atoms with Crippen molar-refractivity contribution in [3.63, 3.8) is 0 Å². The molecule has 2 aromatic rings. The van der Waals surface area contributed by atoms with E-state index in [0.29, 0.717) is 18.8 Å². The van der Waals surface area contributed by atoms with Crippen molar-refractivity contribution < 1.29 is 17.9 Å². The Balaban J connectivity index is 1.91. The van der Waals surface area contributed by atoms with E-state index in [0.717, 1.165) is 6.07 Å². The predicted molar refractivity (Wildman–Crippen MR) is 76.0 cm³/mol. The molecule has 0 radical (unpaired) electrons. The molecule has 124 valence electrons. The molecule has 1 fully saturated rings. The molecule has 2 aromatic heterocycles. The van der Waals surface area contributed by atoms with Crippen molar-refractivity contribution in [3.8, 4) is 0 Å². The number of hydrogen-bond acceptors (Lipinski definition) is 5. The highest BCUT2D eigenvalue weighted by atomic mass is 19.4. The van der Waals surface area contributed by atoms with Crippen molar-refractivity contribution in [3.05, 3.63) is 35.8 Å². The first-order valence-corrected chi connectivity index (χ1v) is 7.06. The van der Waals surface area contributed by atoms with E-state index in [2.05, 4.69) is 15.3 Å². The highest BCUT2D eigenvalue weighted by Crippen LogP contribution is 2.38. The van der Waals surface area contributed by atoms with Gasteiger partial charge >= 0.3 is 6.18 Å². The van der Waals surface area contributed by atoms with E-state index in [1.165, 1.54) is 12.3 Å². The molecule has 3 heterocycles. The number of aryl methyl sites for hydroxylation is 1. The summed E-state index contributed by atoms with van der Waals surface area (Å²) in [5.41, 5.74) is -0.0408. The predicted octanol–water partition coefficient (Wildman–Crippen LogP) is 1.85. The van der Waals surface area contributed by atoms with Crippen LogP contribution >= 0.6 is 0 Å². The van der Waals surface area contributed by atoms with Gasteiger partial charge in [0.2, 0.25) is 0 Å². The summed E-state index contributed by atoms with van der Waals surface area (Å²) in [4.78, 5) is 5.53. The van der Waals surface area contributed by atoms with Gasteiger partial charge in [-0.3, -0.25) is 4.68 Å². The van der Waals surface area contributed by atoms with Gasteiger partial charge in [0.05, 0.1) is 23.3 Å². The molecule has 0 amide bonds. The lowest BCUT2D eigenvalue weighted by molar-refractivity contribution is -0.137. The molecule has 0 aromatic carbocycles. The van der Waals surface area contributed by atoms with E-state index in [4.69, 9.17) is 4.74 Å². The van der Waals surface area contributed by atoms with Gasteiger partial charge in [0, 0.05) is 39.6 Å². The van der Waals surface area contributed by atoms with Crippen LogP contribution in [0.1, 0.15) is 17.2 Å². The summed E-state index contributed by atoms with van der Waals surface area (Å²) in [6.07, 6.45) is -1.60. The van der Waals surface area contributed by atoms with E-state index in [9.17, 15) is 13.2 Å². The van der Waals surface area contributed by atoms with Crippen molar-refractivity contribution in [2.24, 2.45) is 7.05 Å². The maximum Gasteiger partial charge on any atom is 0.419 e. The molecule has 0 bridgehead atoms. The Labute approximate surface area is 130 Å². The molecule has 23 heavy (non-hydrogen) atoms. The van der Waals surface area contributed by atoms with E-state index in [1.54, 1.807) is 29.9 Å². The number of halogens is 3. The number of rotatable bonds is 3. The Morgan fingerprint density at radius 1 is 1.30 bits per heavy atom. The van der Waals surface area contributed by atoms with Crippen LogP contribution in [0.5, 0.6) is 0 Å². The molecular formula is C14H16F3N5O. The highest BCUT2D eigenvalue weighted by Gasteiger charge is 2.41. The second-order valence-electron chi connectivity index (χ2n) is 5.48. The van der Waals surface area contributed by atoms with Crippen LogP contribution in [-0.4, -0.2) is 46.3 Å². The van der Waals surface area contributed by atoms with Crippen LogP contribution in [0.4, 0.5) is 19.0 Å². The largest absolute Gasteiger partial charge is 0.419 e. The molecule has 1 saturated heterocycles. The van der Waals surface area contributed by atoms with Crippen LogP contribution in [-0.2, 0) is 18.0 Å². The van der Waals surface area contributed by atoms with Crippen LogP contribution in [0.15, 0.2) is 24.5 Å². The third-order valence-electron chi connectivity index (χ3n) is 3.96. The standard InChI is InChI=1S/C14H16F3N5O/c1-21-7-11(19-20-21)9-6-22(8-12(9)23-2)13-10(14(15,16)17)4-3-5-18-13/h3-5,7,9,12H,6,8H2,1-2H3/t9-,12+/m0/s1. The van der Waals surface area contributed by atoms with E-state index in [1.807, 2.05) is 0 Å². The third kappa shape index (κ3) is 3.00. The molecule has 9 heteroatoms. The van der Waals surface area contributed by atoms with E-state index in [-0.39, 0.29) is 17.8 Å². The van der Waals surface area contributed by atoms with Crippen LogP contribution in [0.2, 0.25) is 0 Å². The maximum absolute atomic E-state index is 13.2. The number of hydrogen-bond donors (Lipinski definition) is 0. The molecule has 0 N–H and O–H groups in total. The van der Waals surface area contributed by atoms with Crippen LogP contribution in [0.3, 0.4) is 0 Å². The van der Waals surface area contributed by atoms with Crippen LogP contribution in [0.25, 0.3) is 0 Å². The number of pyridine rings is 1. The molecule has 1 aliphatic rings. The van der Waals surface area contributed by atoms with Crippen LogP contribution < -0.4 is 4.90 Å². The minimum atomic E-state index is -4.45. The minimum Gasteiger partial charge on any atom is -0.379 e. The third-order valence-corrected chi connectivity index (χ3v) is 3.96. The minimum absolute atomic E-state index is 0.0755. The molecule has 1 aliphatic heterocycles. The first-order valence-electron chi connectivity index (χ1n) is 7.06. The summed E-state index contributed by atoms with van der Waals surface area (Å²) >= 11 is 0. The number of alkyl halides is 3. The fourth-order valence-corrected chi connectivity index (χ4v) is 2.88. The van der Waals surface area contributed by atoms with Gasteiger partial charge in [0.25, 0.3) is 0 Å². The summed E-state index contributed by atoms with van der Waals surface area (Å²) < 4.78 is 46.5. The topological polar surface area (TPSA) is 56.1 Å². The summed E-state index contributed by atoms with van der Waals surface area (Å²) in [7, 11) is 3.28. The SMILES string of the molecule is CO[C@@H]1CN(c2ncccc2C(F)(F)F)C[C@H]1c1cn(C)nn1. The Morgan fingerprint density at radius 2 is 2.09 bits per heavy atom. The summed E-state index contributed by atoms with van der Waals surface area (Å²) in [6.45, 7) is 0.662. The number of anilines is 1. The van der Waals surface area contributed by atoms with Crippen LogP contribution in [0, 0.1) is 0 Å². The number of ether oxygens (including phenoxy) is 1. The first kappa shape index (κ1) is 15.7. The van der Waals surface area contributed by atoms with Crippen molar-refractivity contribution in [2.45, 2.75) is 18.2 Å². The Bertz CT molecular complexity index is 687. The summed E-state index contributed by atoms with van der Waals surface area (Å²) in [5, 5.41) is 7.94. The molecular weight excluding hydrogens is 311 g/mol. The van der Waals surface area contributed by atoms with Crippen molar-refractivity contribution >= 4 is 5.82 Å². The summed E-state index contributed by atoms with van der Waals surface area (Å²) in [6, 6.07) is 2.33. The fraction of sp³-hybridized carbons (Fsp3) is 0.500. The lowest BCUT2D eigenvalue weighted by atomic mass is 10.0. The molecule has 3 rings (SSSR count). The lowest BCUT2D eigenvalue weighted by Crippen LogP contribution is -2.26. The van der Waals surface area contributed by atoms with E-state index < -0.39 is 11.7 Å². The van der Waals surface area contributed by atoms with Gasteiger partial charge in [-0.25, -0.2) is 4.98 Å². The van der Waals surface area contributed by atoms with Crippen molar-refractivity contribution in [2.75, 3.05) is 25.1 Å². The normalized spacial score (nSPS) is 21.9. The zero-order chi connectivity index (χ0) is 16.6. The van der Waals surface area contributed by atoms with E-state index >= 15 is 0 Å². The maximum atomic E-state index is 13.2. The van der Waals surface area contributed by atoms with Gasteiger partial charge in [-0.2, -0.15) is 13.2 Å². The smallest absolute Gasteiger partial charge is 0.379 e. The van der Waals surface area contributed by atoms with Crippen molar-refractivity contribution in [1.29, 1.82) is 0 Å². The average molecular weight is 327 g/mol. The quantitative estimate of drug-likeness (QED) is 0.861. The molecule has 0 aliphatic carbocycles. The summed E-state index contributed by atoms with van der Waals surface area (Å²) in [5.74, 6) is -0.231. The molecule has 6 nitrogen and oxygen atoms in total. The first-order chi connectivity index (χ1) is 10.9. The van der Waals surface area contributed by atoms with Gasteiger partial charge in [-0.05, 0) is 12.1 Å². The monoisotopic (exact) mass is 327 g/mol. The van der Waals surface area contributed by atoms with Gasteiger partial charge in [-0.1, -0.05) is 5.21 Å². The zero-order valence-electron chi connectivity index (χ0n) is 12.7. The second-order valence-corrected chi connectivity index (χ2v) is 5.48. The zero-order valence-corrected chi connectivity index (χ0v) is 12.7. The van der Waals surface area contributed by atoms with Gasteiger partial charge < -0.3 is 9.64 Å². The Morgan fingerprint density at radius 3 is 2.70 bits per heavy atom. The Hall–Kier alpha value is -2.16. The van der Waals surface area contributed by atoms with Crippen molar-refractivity contribution in [1.82, 2.24) is 20.0 Å². The number of aromatic nitrogens is 4. The molecule has 0 saturated carbocycles. The number of methoxy groups -OCH3 is 1. The highest BCUT2D eigenvalue weighted by molar-refractivity contribution is 5.50. The average Bonchev–Trinajstić information content (AvgIpc) is 3.12. The van der Waals surface area contributed by atoms with Gasteiger partial charge in [0.1, 0.15) is 5.82 Å². The Kier molecular flexibility index (Phi) is 3.97. The number of nitrogens with zero attached hydrogens (tertiary/aromatic N) is 5. The molecule has 0 spiro atoms. The molecule has 0 unspecified atom stereocenters. The second kappa shape index (κ2) is 5.80.